The number of fused-ring (bicyclic) bond motifs is 6. The number of piperazine rings is 1. The molecule has 16 nitrogen and oxygen atoms in total. The van der Waals surface area contributed by atoms with Gasteiger partial charge in [-0.15, -0.1) is 6.42 Å². The van der Waals surface area contributed by atoms with Crippen molar-refractivity contribution >= 4 is 57.2 Å². The fourth-order valence-electron chi connectivity index (χ4n) is 11.5. The molecule has 11 rings (SSSR count). The van der Waals surface area contributed by atoms with Crippen molar-refractivity contribution in [1.29, 1.82) is 0 Å². The average molecular weight is 950 g/mol. The van der Waals surface area contributed by atoms with Gasteiger partial charge in [0.05, 0.1) is 27.6 Å². The first-order valence-corrected chi connectivity index (χ1v) is 23.7. The standard InChI is InChI=1S/C52H49F2N9O7/c1-3-34-39(53)14-10-30-7-4-8-36(42(30)34)44-43(54)45-38(22-56-44)46(61-24-31-11-12-32(25-61)57-31)60-50(59-45)70-27-52-18-17-33(62(52)23-28(2)21-52)26-69-51(68)55-19-5-6-29-9-13-35-37(20-29)49(67)63(48(35)66)40-15-16-41(64)58-47(40)65/h1,4,7-10,13-14,20,22,31-33,40,57H,2,5-6,11-12,15-19,21,23-27H2,(H,55,68)(H,58,64,65)/t31?,32?,33-,40?,52-/m0/s1. The van der Waals surface area contributed by atoms with Crippen LogP contribution in [0.25, 0.3) is 32.9 Å². The van der Waals surface area contributed by atoms with E-state index in [0.717, 1.165) is 41.7 Å². The van der Waals surface area contributed by atoms with E-state index in [2.05, 4.69) is 43.2 Å². The SMILES string of the molecule is C#Cc1c(F)ccc2cccc(-c3ncc4c(N5CC6CCC(C5)N6)nc(OC[C@@]56CC[C@@H](COC(=O)NCCCc7ccc8c(c7)C(=O)N(C7CCC(=O)NC7=O)C8=O)N5CC(=C)C6)nc4c3F)c12. The smallest absolute Gasteiger partial charge is 0.407 e. The Balaban J connectivity index is 0.753. The molecule has 5 amide bonds. The second kappa shape index (κ2) is 17.9. The lowest BCUT2D eigenvalue weighted by atomic mass is 9.94. The Hall–Kier alpha value is -7.36. The van der Waals surface area contributed by atoms with Gasteiger partial charge in [0.2, 0.25) is 11.8 Å². The summed E-state index contributed by atoms with van der Waals surface area (Å²) in [4.78, 5) is 83.0. The molecule has 5 aromatic rings. The fraction of sp³-hybridized carbons (Fsp3) is 0.385. The summed E-state index contributed by atoms with van der Waals surface area (Å²) < 4.78 is 44.5. The zero-order valence-electron chi connectivity index (χ0n) is 38.2. The number of nitrogens with zero attached hydrogens (tertiary/aromatic N) is 6. The van der Waals surface area contributed by atoms with Crippen molar-refractivity contribution in [3.8, 4) is 29.6 Å². The Labute approximate surface area is 401 Å². The van der Waals surface area contributed by atoms with E-state index in [4.69, 9.17) is 25.9 Å². The lowest BCUT2D eigenvalue weighted by Gasteiger charge is -2.35. The molecule has 6 aliphatic heterocycles. The van der Waals surface area contributed by atoms with Gasteiger partial charge in [0.1, 0.15) is 42.1 Å². The summed E-state index contributed by atoms with van der Waals surface area (Å²) in [6.45, 7) is 6.83. The number of ether oxygens (including phenoxy) is 2. The van der Waals surface area contributed by atoms with Gasteiger partial charge >= 0.3 is 12.1 Å². The molecule has 5 fully saturated rings. The molecule has 70 heavy (non-hydrogen) atoms. The maximum atomic E-state index is 17.2. The molecule has 3 aromatic carbocycles. The van der Waals surface area contributed by atoms with E-state index in [1.165, 1.54) is 6.07 Å². The Kier molecular flexibility index (Phi) is 11.5. The Morgan fingerprint density at radius 2 is 1.80 bits per heavy atom. The molecule has 5 saturated heterocycles. The zero-order valence-corrected chi connectivity index (χ0v) is 38.2. The van der Waals surface area contributed by atoms with Crippen LogP contribution < -0.4 is 25.6 Å². The van der Waals surface area contributed by atoms with E-state index in [-0.39, 0.29) is 78.1 Å². The summed E-state index contributed by atoms with van der Waals surface area (Å²) >= 11 is 0. The minimum atomic E-state index is -1.04. The Bertz CT molecular complexity index is 3110. The number of rotatable bonds is 12. The number of alkyl carbamates (subject to hydrolysis) is 1. The number of hydrogen-bond acceptors (Lipinski definition) is 13. The highest BCUT2D eigenvalue weighted by atomic mass is 19.1. The summed E-state index contributed by atoms with van der Waals surface area (Å²) in [7, 11) is 0. The third kappa shape index (κ3) is 7.96. The molecule has 18 heteroatoms. The molecule has 6 aliphatic rings. The van der Waals surface area contributed by atoms with Crippen LogP contribution >= 0.6 is 0 Å². The monoisotopic (exact) mass is 949 g/mol. The van der Waals surface area contributed by atoms with Gasteiger partial charge in [-0.3, -0.25) is 39.3 Å². The third-order valence-electron chi connectivity index (χ3n) is 14.8. The second-order valence-corrected chi connectivity index (χ2v) is 19.2. The number of carbonyl (C=O) groups excluding carboxylic acids is 5. The van der Waals surface area contributed by atoms with Crippen LogP contribution in [0, 0.1) is 24.0 Å². The number of carbonyl (C=O) groups is 5. The molecule has 3 unspecified atom stereocenters. The van der Waals surface area contributed by atoms with Crippen LogP contribution in [0.1, 0.15) is 83.2 Å². The van der Waals surface area contributed by atoms with Gasteiger partial charge in [0, 0.05) is 67.9 Å². The number of halogens is 2. The molecular weight excluding hydrogens is 901 g/mol. The van der Waals surface area contributed by atoms with Gasteiger partial charge in [-0.25, -0.2) is 13.6 Å². The van der Waals surface area contributed by atoms with Gasteiger partial charge in [-0.05, 0) is 80.5 Å². The first kappa shape index (κ1) is 45.1. The molecule has 0 aliphatic carbocycles. The summed E-state index contributed by atoms with van der Waals surface area (Å²) in [6, 6.07) is 12.5. The Morgan fingerprint density at radius 1 is 0.986 bits per heavy atom. The predicted octanol–water partition coefficient (Wildman–Crippen LogP) is 5.35. The van der Waals surface area contributed by atoms with Crippen LogP contribution in [-0.4, -0.2) is 124 Å². The molecule has 8 heterocycles. The highest BCUT2D eigenvalue weighted by Gasteiger charge is 2.52. The molecule has 3 N–H and O–H groups in total. The van der Waals surface area contributed by atoms with Crippen molar-refractivity contribution in [2.45, 2.75) is 87.5 Å². The van der Waals surface area contributed by atoms with Gasteiger partial charge < -0.3 is 25.0 Å². The largest absolute Gasteiger partial charge is 0.461 e. The maximum absolute atomic E-state index is 17.2. The molecule has 358 valence electrons. The number of aromatic nitrogens is 3. The van der Waals surface area contributed by atoms with Gasteiger partial charge in [-0.2, -0.15) is 9.97 Å². The topological polar surface area (TPSA) is 188 Å². The second-order valence-electron chi connectivity index (χ2n) is 19.2. The van der Waals surface area contributed by atoms with Crippen LogP contribution in [0.3, 0.4) is 0 Å². The minimum absolute atomic E-state index is 0.0118. The third-order valence-corrected chi connectivity index (χ3v) is 14.8. The maximum Gasteiger partial charge on any atom is 0.407 e. The molecule has 0 spiro atoms. The lowest BCUT2D eigenvalue weighted by Crippen LogP contribution is -2.54. The van der Waals surface area contributed by atoms with E-state index in [1.807, 2.05) is 0 Å². The predicted molar refractivity (Wildman–Crippen MR) is 253 cm³/mol. The summed E-state index contributed by atoms with van der Waals surface area (Å²) in [5, 5.41) is 10.1. The summed E-state index contributed by atoms with van der Waals surface area (Å²) in [5.41, 5.74) is 2.08. The van der Waals surface area contributed by atoms with Crippen LogP contribution in [0.4, 0.5) is 19.4 Å². The van der Waals surface area contributed by atoms with Crippen LogP contribution in [0.2, 0.25) is 0 Å². The highest BCUT2D eigenvalue weighted by molar-refractivity contribution is 6.23. The average Bonchev–Trinajstić information content (AvgIpc) is 4.05. The van der Waals surface area contributed by atoms with Crippen molar-refractivity contribution in [3.05, 3.63) is 101 Å². The molecule has 2 bridgehead atoms. The molecular formula is C52H49F2N9O7. The number of piperidine rings is 1. The van der Waals surface area contributed by atoms with Gasteiger partial charge in [0.15, 0.2) is 5.82 Å². The van der Waals surface area contributed by atoms with E-state index in [9.17, 15) is 24.0 Å². The number of aryl methyl sites for hydroxylation is 1. The Morgan fingerprint density at radius 3 is 2.60 bits per heavy atom. The number of hydrogen-bond donors (Lipinski definition) is 3. The lowest BCUT2D eigenvalue weighted by molar-refractivity contribution is -0.136. The summed E-state index contributed by atoms with van der Waals surface area (Å²) in [5.74, 6) is -0.563. The first-order valence-electron chi connectivity index (χ1n) is 23.7. The zero-order chi connectivity index (χ0) is 48.4. The first-order chi connectivity index (χ1) is 33.9. The number of nitrogens with one attached hydrogen (secondary N) is 3. The number of anilines is 1. The van der Waals surface area contributed by atoms with Crippen LogP contribution in [-0.2, 0) is 20.7 Å². The van der Waals surface area contributed by atoms with Crippen molar-refractivity contribution < 1.29 is 42.2 Å². The van der Waals surface area contributed by atoms with Crippen molar-refractivity contribution in [3.63, 3.8) is 0 Å². The number of imide groups is 2. The molecule has 2 aromatic heterocycles. The molecule has 0 radical (unpaired) electrons. The van der Waals surface area contributed by atoms with Crippen molar-refractivity contribution in [2.75, 3.05) is 44.3 Å². The molecule has 5 atom stereocenters. The fourth-order valence-corrected chi connectivity index (χ4v) is 11.5. The van der Waals surface area contributed by atoms with Crippen molar-refractivity contribution in [1.82, 2.24) is 40.7 Å². The van der Waals surface area contributed by atoms with Crippen LogP contribution in [0.15, 0.2) is 66.9 Å². The summed E-state index contributed by atoms with van der Waals surface area (Å²) in [6.07, 6.45) is 12.1. The van der Waals surface area contributed by atoms with E-state index >= 15 is 8.78 Å². The quantitative estimate of drug-likeness (QED) is 0.0630. The van der Waals surface area contributed by atoms with Gasteiger partial charge in [0.25, 0.3) is 11.8 Å². The number of terminal acetylenes is 1. The number of amides is 5. The normalized spacial score (nSPS) is 24.0. The number of benzene rings is 3. The van der Waals surface area contributed by atoms with E-state index < -0.39 is 52.9 Å². The number of pyridine rings is 1. The van der Waals surface area contributed by atoms with Crippen LogP contribution in [0.5, 0.6) is 6.01 Å². The molecule has 0 saturated carbocycles. The van der Waals surface area contributed by atoms with E-state index in [1.54, 1.807) is 48.7 Å². The highest BCUT2D eigenvalue weighted by Crippen LogP contribution is 2.45. The van der Waals surface area contributed by atoms with Crippen molar-refractivity contribution in [2.24, 2.45) is 0 Å². The minimum Gasteiger partial charge on any atom is -0.461 e. The van der Waals surface area contributed by atoms with Gasteiger partial charge in [-0.1, -0.05) is 48.4 Å². The van der Waals surface area contributed by atoms with E-state index in [0.29, 0.717) is 73.0 Å².